The second kappa shape index (κ2) is 12.0. The molecule has 1 aliphatic heterocycles. The second-order valence-corrected chi connectivity index (χ2v) is 11.2. The Hall–Kier alpha value is -4.64. The lowest BCUT2D eigenvalue weighted by Gasteiger charge is -2.29. The number of H-pyrrole nitrogens is 1. The van der Waals surface area contributed by atoms with Crippen LogP contribution in [0.3, 0.4) is 0 Å². The van der Waals surface area contributed by atoms with Crippen molar-refractivity contribution >= 4 is 22.6 Å². The third-order valence-corrected chi connectivity index (χ3v) is 8.48. The highest BCUT2D eigenvalue weighted by Gasteiger charge is 2.32. The van der Waals surface area contributed by atoms with Gasteiger partial charge >= 0.3 is 12.1 Å². The lowest BCUT2D eigenvalue weighted by atomic mass is 9.95. The number of aliphatic carboxylic acids is 1. The van der Waals surface area contributed by atoms with Crippen LogP contribution in [-0.4, -0.2) is 38.9 Å². The van der Waals surface area contributed by atoms with Crippen LogP contribution in [0.15, 0.2) is 60.8 Å². The molecular formula is C34H33F4N5O2. The van der Waals surface area contributed by atoms with Gasteiger partial charge in [0.2, 0.25) is 0 Å². The van der Waals surface area contributed by atoms with E-state index in [1.54, 1.807) is 12.3 Å². The maximum absolute atomic E-state index is 16.5. The van der Waals surface area contributed by atoms with Crippen molar-refractivity contribution in [2.24, 2.45) is 0 Å². The standard InChI is InChI=1S/C34H33F4N5O2/c1-3-20-6-5-7-21(4-2)32(20)43-33(30-25-12-14-40-31(25)22(16-27(30)35)17-39-18-29(44)45)26-19-42(15-13-28(26)41-43)24-10-8-23(9-11-24)34(36,37)38/h5-12,14,16,39-40H,3-4,13,15,17-19H2,1-2H3,(H,44,45). The van der Waals surface area contributed by atoms with Gasteiger partial charge in [-0.05, 0) is 65.9 Å². The summed E-state index contributed by atoms with van der Waals surface area (Å²) in [7, 11) is 0. The first-order chi connectivity index (χ1) is 21.6. The number of alkyl halides is 3. The number of para-hydroxylation sites is 1. The Bertz CT molecular complexity index is 1850. The topological polar surface area (TPSA) is 86.2 Å². The molecule has 0 bridgehead atoms. The van der Waals surface area contributed by atoms with Crippen molar-refractivity contribution in [3.63, 3.8) is 0 Å². The van der Waals surface area contributed by atoms with E-state index in [-0.39, 0.29) is 13.1 Å². The van der Waals surface area contributed by atoms with Gasteiger partial charge in [-0.2, -0.15) is 18.3 Å². The summed E-state index contributed by atoms with van der Waals surface area (Å²) in [6.07, 6.45) is -0.697. The number of benzene rings is 3. The highest BCUT2D eigenvalue weighted by molar-refractivity contribution is 5.98. The molecule has 0 saturated heterocycles. The summed E-state index contributed by atoms with van der Waals surface area (Å²) < 4.78 is 58.2. The van der Waals surface area contributed by atoms with Crippen molar-refractivity contribution in [3.8, 4) is 16.9 Å². The summed E-state index contributed by atoms with van der Waals surface area (Å²) in [5, 5.41) is 17.6. The molecule has 0 spiro atoms. The summed E-state index contributed by atoms with van der Waals surface area (Å²) in [5.74, 6) is -1.49. The molecule has 45 heavy (non-hydrogen) atoms. The molecule has 11 heteroatoms. The molecule has 3 heterocycles. The fourth-order valence-corrected chi connectivity index (χ4v) is 6.31. The number of hydrogen-bond donors (Lipinski definition) is 3. The van der Waals surface area contributed by atoms with E-state index in [4.69, 9.17) is 10.2 Å². The smallest absolute Gasteiger partial charge is 0.416 e. The van der Waals surface area contributed by atoms with E-state index >= 15 is 4.39 Å². The molecule has 0 unspecified atom stereocenters. The summed E-state index contributed by atoms with van der Waals surface area (Å²) in [5.41, 5.74) is 6.83. The normalized spacial score (nSPS) is 13.4. The predicted molar refractivity (Wildman–Crippen MR) is 165 cm³/mol. The van der Waals surface area contributed by atoms with Crippen molar-refractivity contribution in [3.05, 3.63) is 100 Å². The maximum Gasteiger partial charge on any atom is 0.416 e. The highest BCUT2D eigenvalue weighted by atomic mass is 19.4. The molecule has 0 aliphatic carbocycles. The van der Waals surface area contributed by atoms with Crippen molar-refractivity contribution in [2.45, 2.75) is 52.4 Å². The predicted octanol–water partition coefficient (Wildman–Crippen LogP) is 7.04. The van der Waals surface area contributed by atoms with Gasteiger partial charge in [-0.1, -0.05) is 32.0 Å². The Kier molecular flexibility index (Phi) is 8.13. The lowest BCUT2D eigenvalue weighted by molar-refractivity contribution is -0.138. The molecule has 234 valence electrons. The second-order valence-electron chi connectivity index (χ2n) is 11.2. The molecule has 7 nitrogen and oxygen atoms in total. The molecule has 1 aliphatic rings. The van der Waals surface area contributed by atoms with E-state index in [9.17, 15) is 18.0 Å². The Morgan fingerprint density at radius 2 is 1.76 bits per heavy atom. The van der Waals surface area contributed by atoms with Crippen LogP contribution in [0.2, 0.25) is 0 Å². The van der Waals surface area contributed by atoms with E-state index in [1.807, 2.05) is 27.8 Å². The van der Waals surface area contributed by atoms with Gasteiger partial charge in [-0.3, -0.25) is 4.79 Å². The molecule has 0 atom stereocenters. The largest absolute Gasteiger partial charge is 0.480 e. The van der Waals surface area contributed by atoms with Crippen LogP contribution in [-0.2, 0) is 43.3 Å². The summed E-state index contributed by atoms with van der Waals surface area (Å²) in [4.78, 5) is 16.3. The van der Waals surface area contributed by atoms with Gasteiger partial charge in [-0.15, -0.1) is 0 Å². The monoisotopic (exact) mass is 619 g/mol. The first-order valence-corrected chi connectivity index (χ1v) is 15.0. The first kappa shape index (κ1) is 30.4. The fourth-order valence-electron chi connectivity index (χ4n) is 6.31. The molecule has 3 N–H and O–H groups in total. The zero-order valence-electron chi connectivity index (χ0n) is 24.9. The highest BCUT2D eigenvalue weighted by Crippen LogP contribution is 2.41. The quantitative estimate of drug-likeness (QED) is 0.154. The van der Waals surface area contributed by atoms with Gasteiger partial charge in [0.25, 0.3) is 0 Å². The Morgan fingerprint density at radius 3 is 2.40 bits per heavy atom. The molecule has 2 aromatic heterocycles. The molecular weight excluding hydrogens is 586 g/mol. The number of carbonyl (C=O) groups is 1. The number of aromatic nitrogens is 3. The molecule has 3 aromatic carbocycles. The van der Waals surface area contributed by atoms with E-state index in [0.29, 0.717) is 52.9 Å². The zero-order chi connectivity index (χ0) is 31.9. The maximum atomic E-state index is 16.5. The number of carboxylic acids is 1. The van der Waals surface area contributed by atoms with Gasteiger partial charge in [-0.25, -0.2) is 9.07 Å². The van der Waals surface area contributed by atoms with Crippen molar-refractivity contribution in [2.75, 3.05) is 18.0 Å². The number of anilines is 1. The van der Waals surface area contributed by atoms with Crippen LogP contribution in [0.4, 0.5) is 23.2 Å². The summed E-state index contributed by atoms with van der Waals surface area (Å²) >= 11 is 0. The van der Waals surface area contributed by atoms with Gasteiger partial charge in [0, 0.05) is 54.5 Å². The van der Waals surface area contributed by atoms with Crippen molar-refractivity contribution in [1.29, 1.82) is 0 Å². The molecule has 0 saturated carbocycles. The number of nitrogens with one attached hydrogen (secondary N) is 2. The van der Waals surface area contributed by atoms with E-state index in [1.165, 1.54) is 18.2 Å². The van der Waals surface area contributed by atoms with E-state index < -0.39 is 23.5 Å². The molecule has 6 rings (SSSR count). The number of halogens is 4. The van der Waals surface area contributed by atoms with Crippen LogP contribution in [0, 0.1) is 5.82 Å². The van der Waals surface area contributed by atoms with Crippen molar-refractivity contribution in [1.82, 2.24) is 20.1 Å². The lowest BCUT2D eigenvalue weighted by Crippen LogP contribution is -2.30. The summed E-state index contributed by atoms with van der Waals surface area (Å²) in [6.45, 7) is 4.90. The van der Waals surface area contributed by atoms with Gasteiger partial charge in [0.1, 0.15) is 5.82 Å². The van der Waals surface area contributed by atoms with Crippen LogP contribution in [0.5, 0.6) is 0 Å². The summed E-state index contributed by atoms with van der Waals surface area (Å²) in [6, 6.07) is 14.5. The van der Waals surface area contributed by atoms with Crippen LogP contribution >= 0.6 is 0 Å². The number of aryl methyl sites for hydroxylation is 2. The molecule has 0 amide bonds. The minimum Gasteiger partial charge on any atom is -0.480 e. The van der Waals surface area contributed by atoms with Gasteiger partial charge in [0.15, 0.2) is 0 Å². The average Bonchev–Trinajstić information content (AvgIpc) is 3.65. The third-order valence-electron chi connectivity index (χ3n) is 8.48. The van der Waals surface area contributed by atoms with Crippen LogP contribution in [0.25, 0.3) is 27.8 Å². The van der Waals surface area contributed by atoms with E-state index in [2.05, 4.69) is 24.1 Å². The minimum atomic E-state index is -4.43. The van der Waals surface area contributed by atoms with Crippen LogP contribution in [0.1, 0.15) is 47.4 Å². The van der Waals surface area contributed by atoms with Gasteiger partial charge < -0.3 is 20.3 Å². The molecule has 5 aromatic rings. The number of hydrogen-bond acceptors (Lipinski definition) is 4. The zero-order valence-corrected chi connectivity index (χ0v) is 24.9. The number of aromatic amines is 1. The average molecular weight is 620 g/mol. The number of rotatable bonds is 9. The minimum absolute atomic E-state index is 0.151. The van der Waals surface area contributed by atoms with Crippen molar-refractivity contribution < 1.29 is 27.5 Å². The molecule has 0 radical (unpaired) electrons. The fraction of sp³-hybridized carbons (Fsp3) is 0.294. The third kappa shape index (κ3) is 5.68. The Balaban J connectivity index is 1.54. The number of fused-ring (bicyclic) bond motifs is 2. The Morgan fingerprint density at radius 1 is 1.04 bits per heavy atom. The van der Waals surface area contributed by atoms with Gasteiger partial charge in [0.05, 0.1) is 34.7 Å². The van der Waals surface area contributed by atoms with E-state index in [0.717, 1.165) is 53.0 Å². The van der Waals surface area contributed by atoms with Crippen LogP contribution < -0.4 is 10.2 Å². The Labute approximate surface area is 257 Å². The first-order valence-electron chi connectivity index (χ1n) is 15.0. The number of nitrogens with zero attached hydrogens (tertiary/aromatic N) is 3. The molecule has 0 fully saturated rings. The SMILES string of the molecule is CCc1cccc(CC)c1-n1nc2c(c1-c1c(F)cc(CNCC(=O)O)c3[nH]ccc13)CN(c1ccc(C(F)(F)F)cc1)CC2. The number of carboxylic acid groups (broad SMARTS) is 1.